The highest BCUT2D eigenvalue weighted by Crippen LogP contribution is 2.34. The highest BCUT2D eigenvalue weighted by molar-refractivity contribution is 7.17. The number of pyridine rings is 2. The Bertz CT molecular complexity index is 1400. The Balaban J connectivity index is 1.28. The van der Waals surface area contributed by atoms with Crippen LogP contribution >= 0.6 is 11.3 Å². The summed E-state index contributed by atoms with van der Waals surface area (Å²) in [6.45, 7) is 3.21. The van der Waals surface area contributed by atoms with Crippen LogP contribution in [0.3, 0.4) is 0 Å². The van der Waals surface area contributed by atoms with E-state index in [0.29, 0.717) is 5.95 Å². The lowest BCUT2D eigenvalue weighted by atomic mass is 10.1. The van der Waals surface area contributed by atoms with Crippen LogP contribution < -0.4 is 10.2 Å². The lowest BCUT2D eigenvalue weighted by Crippen LogP contribution is -2.36. The molecule has 8 heteroatoms. The minimum absolute atomic E-state index is 0.548. The number of rotatable bonds is 4. The SMILES string of the molecule is c1ccc2ncc(-c3csc4cnc(Nc5ccc(N6CCOCC6)nc5)nc34)cc2c1. The Hall–Kier alpha value is -3.62. The van der Waals surface area contributed by atoms with E-state index in [1.165, 1.54) is 0 Å². The number of benzene rings is 1. The van der Waals surface area contributed by atoms with Crippen molar-refractivity contribution in [2.45, 2.75) is 0 Å². The van der Waals surface area contributed by atoms with E-state index < -0.39 is 0 Å². The molecule has 6 rings (SSSR count). The molecule has 0 saturated carbocycles. The van der Waals surface area contributed by atoms with Crippen molar-refractivity contribution in [2.24, 2.45) is 0 Å². The van der Waals surface area contributed by atoms with Gasteiger partial charge < -0.3 is 15.0 Å². The van der Waals surface area contributed by atoms with Crippen LogP contribution in [0.1, 0.15) is 0 Å². The van der Waals surface area contributed by atoms with Crippen LogP contribution in [0.15, 0.2) is 66.4 Å². The first-order valence-corrected chi connectivity index (χ1v) is 11.4. The molecule has 1 N–H and O–H groups in total. The summed E-state index contributed by atoms with van der Waals surface area (Å²) in [5.74, 6) is 1.51. The summed E-state index contributed by atoms with van der Waals surface area (Å²) in [6, 6.07) is 14.3. The van der Waals surface area contributed by atoms with Crippen molar-refractivity contribution in [1.82, 2.24) is 19.9 Å². The second-order valence-electron chi connectivity index (χ2n) is 7.60. The van der Waals surface area contributed by atoms with Crippen LogP contribution in [-0.4, -0.2) is 46.2 Å². The summed E-state index contributed by atoms with van der Waals surface area (Å²) >= 11 is 1.64. The molecule has 0 radical (unpaired) electrons. The molecule has 5 aromatic rings. The van der Waals surface area contributed by atoms with E-state index in [1.54, 1.807) is 11.3 Å². The van der Waals surface area contributed by atoms with Gasteiger partial charge in [-0.15, -0.1) is 11.3 Å². The summed E-state index contributed by atoms with van der Waals surface area (Å²) in [6.07, 6.45) is 5.59. The molecule has 1 aliphatic rings. The van der Waals surface area contributed by atoms with E-state index in [-0.39, 0.29) is 0 Å². The molecule has 0 aliphatic carbocycles. The summed E-state index contributed by atoms with van der Waals surface area (Å²) in [5.41, 5.74) is 4.87. The minimum Gasteiger partial charge on any atom is -0.378 e. The number of hydrogen-bond acceptors (Lipinski definition) is 8. The predicted octanol–water partition coefficient (Wildman–Crippen LogP) is 4.88. The molecule has 32 heavy (non-hydrogen) atoms. The van der Waals surface area contributed by atoms with Crippen LogP contribution in [0, 0.1) is 0 Å². The largest absolute Gasteiger partial charge is 0.378 e. The lowest BCUT2D eigenvalue weighted by molar-refractivity contribution is 0.122. The molecule has 1 saturated heterocycles. The molecule has 0 spiro atoms. The smallest absolute Gasteiger partial charge is 0.227 e. The van der Waals surface area contributed by atoms with Crippen LogP contribution in [0.25, 0.3) is 32.2 Å². The molecule has 5 heterocycles. The summed E-state index contributed by atoms with van der Waals surface area (Å²) < 4.78 is 6.45. The first kappa shape index (κ1) is 19.1. The summed E-state index contributed by atoms with van der Waals surface area (Å²) in [7, 11) is 0. The number of aromatic nitrogens is 4. The topological polar surface area (TPSA) is 76.1 Å². The van der Waals surface area contributed by atoms with Crippen molar-refractivity contribution < 1.29 is 4.74 Å². The van der Waals surface area contributed by atoms with Gasteiger partial charge in [0.1, 0.15) is 5.82 Å². The molecule has 4 aromatic heterocycles. The van der Waals surface area contributed by atoms with Gasteiger partial charge in [0.05, 0.1) is 47.0 Å². The zero-order chi connectivity index (χ0) is 21.3. The van der Waals surface area contributed by atoms with Crippen molar-refractivity contribution in [3.8, 4) is 11.1 Å². The molecule has 1 fully saturated rings. The van der Waals surface area contributed by atoms with Crippen LogP contribution in [-0.2, 0) is 4.74 Å². The Kier molecular flexibility index (Phi) is 4.86. The van der Waals surface area contributed by atoms with Crippen molar-refractivity contribution in [2.75, 3.05) is 36.5 Å². The fourth-order valence-electron chi connectivity index (χ4n) is 3.88. The van der Waals surface area contributed by atoms with E-state index in [1.807, 2.05) is 48.9 Å². The van der Waals surface area contributed by atoms with Crippen molar-refractivity contribution in [1.29, 1.82) is 0 Å². The Morgan fingerprint density at radius 2 is 1.84 bits per heavy atom. The quantitative estimate of drug-likeness (QED) is 0.427. The standard InChI is InChI=1S/C24H20N6OS/c1-2-4-20-16(3-1)11-17(12-25-20)19-15-32-21-14-27-24(29-23(19)21)28-18-5-6-22(26-13-18)30-7-9-31-10-8-30/h1-6,11-15H,7-10H2,(H,27,28,29). The van der Waals surface area contributed by atoms with Gasteiger partial charge in [-0.05, 0) is 24.3 Å². The molecule has 7 nitrogen and oxygen atoms in total. The maximum atomic E-state index is 5.41. The monoisotopic (exact) mass is 440 g/mol. The molecule has 1 aliphatic heterocycles. The second kappa shape index (κ2) is 8.14. The Labute approximate surface area is 188 Å². The normalized spacial score (nSPS) is 14.2. The van der Waals surface area contributed by atoms with Gasteiger partial charge >= 0.3 is 0 Å². The van der Waals surface area contributed by atoms with Crippen molar-refractivity contribution >= 4 is 49.9 Å². The molecule has 0 unspecified atom stereocenters. The van der Waals surface area contributed by atoms with Crippen LogP contribution in [0.2, 0.25) is 0 Å². The second-order valence-corrected chi connectivity index (χ2v) is 8.51. The van der Waals surface area contributed by atoms with E-state index >= 15 is 0 Å². The van der Waals surface area contributed by atoms with E-state index in [2.05, 4.69) is 42.7 Å². The number of morpholine rings is 1. The number of thiophene rings is 1. The van der Waals surface area contributed by atoms with Crippen LogP contribution in [0.4, 0.5) is 17.5 Å². The van der Waals surface area contributed by atoms with Crippen molar-refractivity contribution in [3.63, 3.8) is 0 Å². The molecular weight excluding hydrogens is 420 g/mol. The van der Waals surface area contributed by atoms with Gasteiger partial charge in [-0.1, -0.05) is 18.2 Å². The average molecular weight is 441 g/mol. The zero-order valence-electron chi connectivity index (χ0n) is 17.2. The Morgan fingerprint density at radius 1 is 0.938 bits per heavy atom. The Morgan fingerprint density at radius 3 is 2.72 bits per heavy atom. The number of hydrogen-bond donors (Lipinski definition) is 1. The highest BCUT2D eigenvalue weighted by atomic mass is 32.1. The fourth-order valence-corrected chi connectivity index (χ4v) is 4.75. The number of nitrogens with zero attached hydrogens (tertiary/aromatic N) is 5. The van der Waals surface area contributed by atoms with Gasteiger partial charge in [-0.25, -0.2) is 15.0 Å². The number of para-hydroxylation sites is 1. The van der Waals surface area contributed by atoms with Gasteiger partial charge in [0.15, 0.2) is 0 Å². The van der Waals surface area contributed by atoms with Crippen molar-refractivity contribution in [3.05, 3.63) is 66.4 Å². The molecule has 158 valence electrons. The molecule has 0 amide bonds. The third-order valence-corrected chi connectivity index (χ3v) is 6.46. The zero-order valence-corrected chi connectivity index (χ0v) is 18.0. The number of anilines is 3. The van der Waals surface area contributed by atoms with Gasteiger partial charge in [-0.2, -0.15) is 0 Å². The lowest BCUT2D eigenvalue weighted by Gasteiger charge is -2.27. The van der Waals surface area contributed by atoms with E-state index in [0.717, 1.165) is 70.1 Å². The molecular formula is C24H20N6OS. The van der Waals surface area contributed by atoms with Gasteiger partial charge in [0, 0.05) is 41.2 Å². The molecule has 1 aromatic carbocycles. The van der Waals surface area contributed by atoms with E-state index in [4.69, 9.17) is 9.72 Å². The van der Waals surface area contributed by atoms with Gasteiger partial charge in [0.25, 0.3) is 0 Å². The maximum Gasteiger partial charge on any atom is 0.227 e. The third kappa shape index (κ3) is 3.63. The average Bonchev–Trinajstić information content (AvgIpc) is 3.28. The highest BCUT2D eigenvalue weighted by Gasteiger charge is 2.13. The van der Waals surface area contributed by atoms with E-state index in [9.17, 15) is 0 Å². The third-order valence-electron chi connectivity index (χ3n) is 5.55. The first-order valence-electron chi connectivity index (χ1n) is 10.5. The van der Waals surface area contributed by atoms with Gasteiger partial charge in [0.2, 0.25) is 5.95 Å². The summed E-state index contributed by atoms with van der Waals surface area (Å²) in [4.78, 5) is 20.7. The molecule has 0 atom stereocenters. The molecule has 0 bridgehead atoms. The fraction of sp³-hybridized carbons (Fsp3) is 0.167. The number of ether oxygens (including phenoxy) is 1. The predicted molar refractivity (Wildman–Crippen MR) is 129 cm³/mol. The number of fused-ring (bicyclic) bond motifs is 2. The first-order chi connectivity index (χ1) is 15.8. The maximum absolute atomic E-state index is 5.41. The van der Waals surface area contributed by atoms with Crippen LogP contribution in [0.5, 0.6) is 0 Å². The number of nitrogens with one attached hydrogen (secondary N) is 1. The summed E-state index contributed by atoms with van der Waals surface area (Å²) in [5, 5.41) is 6.52. The minimum atomic E-state index is 0.548. The van der Waals surface area contributed by atoms with Gasteiger partial charge in [-0.3, -0.25) is 4.98 Å².